The number of halogens is 1. The van der Waals surface area contributed by atoms with Gasteiger partial charge in [0.25, 0.3) is 0 Å². The van der Waals surface area contributed by atoms with E-state index in [1.165, 1.54) is 0 Å². The van der Waals surface area contributed by atoms with Gasteiger partial charge >= 0.3 is 0 Å². The van der Waals surface area contributed by atoms with Crippen molar-refractivity contribution in [3.8, 4) is 5.75 Å². The molecule has 1 aromatic heterocycles. The van der Waals surface area contributed by atoms with Gasteiger partial charge in [-0.1, -0.05) is 20.8 Å². The van der Waals surface area contributed by atoms with Gasteiger partial charge in [-0.15, -0.1) is 0 Å². The third kappa shape index (κ3) is 5.43. The van der Waals surface area contributed by atoms with E-state index in [4.69, 9.17) is 14.3 Å². The summed E-state index contributed by atoms with van der Waals surface area (Å²) >= 11 is 3.64. The molecule has 162 valence electrons. The number of hydrogen-bond donors (Lipinski definition) is 1. The van der Waals surface area contributed by atoms with E-state index >= 15 is 0 Å². The second kappa shape index (κ2) is 9.08. The molecule has 1 aliphatic carbocycles. The number of hydrogen-bond acceptors (Lipinski definition) is 4. The summed E-state index contributed by atoms with van der Waals surface area (Å²) < 4.78 is 15.3. The number of aromatic nitrogens is 2. The minimum atomic E-state index is -1.75. The first-order valence-electron chi connectivity index (χ1n) is 10.7. The van der Waals surface area contributed by atoms with Crippen LogP contribution in [0.25, 0.3) is 10.9 Å². The Kier molecular flexibility index (Phi) is 7.13. The molecule has 0 atom stereocenters. The van der Waals surface area contributed by atoms with Crippen LogP contribution in [-0.4, -0.2) is 43.0 Å². The van der Waals surface area contributed by atoms with Crippen LogP contribution in [0.15, 0.2) is 22.8 Å². The molecule has 0 aliphatic heterocycles. The van der Waals surface area contributed by atoms with E-state index in [0.717, 1.165) is 46.8 Å². The smallest absolute Gasteiger partial charge is 0.192 e. The van der Waals surface area contributed by atoms with E-state index < -0.39 is 8.32 Å². The lowest BCUT2D eigenvalue weighted by molar-refractivity contribution is 0.165. The molecule has 0 spiro atoms. The van der Waals surface area contributed by atoms with Crippen molar-refractivity contribution in [1.82, 2.24) is 9.78 Å². The van der Waals surface area contributed by atoms with Crippen molar-refractivity contribution in [3.05, 3.63) is 22.8 Å². The standard InChI is InChI=1S/C22H35BrN2O3Si/c1-22(2,3)29(4,5)28-11-10-27-21-13-20-17(12-19(21)23)14-25(24-20)18-8-6-16(15-26)7-9-18/h12-14,16,18,26H,6-11,15H2,1-5H3. The van der Waals surface area contributed by atoms with Crippen molar-refractivity contribution >= 4 is 35.2 Å². The van der Waals surface area contributed by atoms with Crippen LogP contribution in [0.1, 0.15) is 52.5 Å². The summed E-state index contributed by atoms with van der Waals surface area (Å²) in [7, 11) is -1.75. The average molecular weight is 484 g/mol. The Morgan fingerprint density at radius 2 is 1.86 bits per heavy atom. The molecule has 1 N–H and O–H groups in total. The minimum absolute atomic E-state index is 0.204. The minimum Gasteiger partial charge on any atom is -0.490 e. The van der Waals surface area contributed by atoms with Gasteiger partial charge in [0, 0.05) is 24.3 Å². The highest BCUT2D eigenvalue weighted by Gasteiger charge is 2.36. The maximum atomic E-state index is 9.35. The Hall–Kier alpha value is -0.893. The van der Waals surface area contributed by atoms with Gasteiger partial charge in [-0.3, -0.25) is 4.68 Å². The molecule has 1 aliphatic rings. The van der Waals surface area contributed by atoms with E-state index in [1.807, 2.05) is 6.07 Å². The van der Waals surface area contributed by atoms with Crippen LogP contribution < -0.4 is 4.74 Å². The first kappa shape index (κ1) is 22.8. The summed E-state index contributed by atoms with van der Waals surface area (Å²) in [5.41, 5.74) is 0.956. The van der Waals surface area contributed by atoms with Gasteiger partial charge in [0.05, 0.1) is 22.6 Å². The second-order valence-corrected chi connectivity index (χ2v) is 15.4. The Morgan fingerprint density at radius 1 is 1.17 bits per heavy atom. The summed E-state index contributed by atoms with van der Waals surface area (Å²) in [5, 5.41) is 15.5. The van der Waals surface area contributed by atoms with E-state index in [0.29, 0.717) is 31.8 Å². The lowest BCUT2D eigenvalue weighted by Crippen LogP contribution is -2.41. The van der Waals surface area contributed by atoms with Gasteiger partial charge in [-0.25, -0.2) is 0 Å². The highest BCUT2D eigenvalue weighted by atomic mass is 79.9. The molecule has 3 rings (SSSR count). The molecule has 1 fully saturated rings. The number of aliphatic hydroxyl groups is 1. The van der Waals surface area contributed by atoms with E-state index in [-0.39, 0.29) is 5.04 Å². The zero-order valence-electron chi connectivity index (χ0n) is 18.4. The molecule has 0 radical (unpaired) electrons. The Bertz CT molecular complexity index is 823. The molecule has 2 aromatic rings. The highest BCUT2D eigenvalue weighted by molar-refractivity contribution is 9.10. The maximum Gasteiger partial charge on any atom is 0.192 e. The summed E-state index contributed by atoms with van der Waals surface area (Å²) in [6.45, 7) is 12.7. The number of fused-ring (bicyclic) bond motifs is 1. The van der Waals surface area contributed by atoms with Gasteiger partial charge in [-0.05, 0) is 71.7 Å². The second-order valence-electron chi connectivity index (χ2n) is 9.76. The van der Waals surface area contributed by atoms with Crippen LogP contribution in [0, 0.1) is 5.92 Å². The van der Waals surface area contributed by atoms with E-state index in [1.54, 1.807) is 0 Å². The Morgan fingerprint density at radius 3 is 2.48 bits per heavy atom. The van der Waals surface area contributed by atoms with Crippen molar-refractivity contribution in [1.29, 1.82) is 0 Å². The van der Waals surface area contributed by atoms with Crippen molar-refractivity contribution < 1.29 is 14.3 Å². The summed E-state index contributed by atoms with van der Waals surface area (Å²) in [6.07, 6.45) is 6.44. The van der Waals surface area contributed by atoms with Crippen LogP contribution in [0.4, 0.5) is 0 Å². The van der Waals surface area contributed by atoms with Crippen LogP contribution >= 0.6 is 15.9 Å². The normalized spacial score (nSPS) is 20.9. The maximum absolute atomic E-state index is 9.35. The average Bonchev–Trinajstić information content (AvgIpc) is 3.07. The third-order valence-corrected chi connectivity index (χ3v) is 11.8. The predicted molar refractivity (Wildman–Crippen MR) is 124 cm³/mol. The molecule has 29 heavy (non-hydrogen) atoms. The predicted octanol–water partition coefficient (Wildman–Crippen LogP) is 5.92. The number of nitrogens with zero attached hydrogens (tertiary/aromatic N) is 2. The number of rotatable bonds is 7. The van der Waals surface area contributed by atoms with Crippen molar-refractivity contribution in [2.45, 2.75) is 70.6 Å². The zero-order chi connectivity index (χ0) is 21.2. The molecule has 1 aromatic carbocycles. The summed E-state index contributed by atoms with van der Waals surface area (Å²) in [5.74, 6) is 1.27. The van der Waals surface area contributed by atoms with Crippen LogP contribution in [0.5, 0.6) is 5.75 Å². The molecule has 5 nitrogen and oxygen atoms in total. The molecular weight excluding hydrogens is 448 g/mol. The van der Waals surface area contributed by atoms with E-state index in [2.05, 4.69) is 66.7 Å². The largest absolute Gasteiger partial charge is 0.490 e. The fourth-order valence-corrected chi connectivity index (χ4v) is 5.10. The molecule has 7 heteroatoms. The Balaban J connectivity index is 1.62. The van der Waals surface area contributed by atoms with Crippen molar-refractivity contribution in [2.75, 3.05) is 19.8 Å². The summed E-state index contributed by atoms with van der Waals surface area (Å²) in [6, 6.07) is 4.52. The molecule has 0 unspecified atom stereocenters. The van der Waals surface area contributed by atoms with Gasteiger partial charge in [0.1, 0.15) is 12.4 Å². The Labute approximate surface area is 184 Å². The number of ether oxygens (including phenoxy) is 1. The van der Waals surface area contributed by atoms with Crippen molar-refractivity contribution in [3.63, 3.8) is 0 Å². The molecule has 1 heterocycles. The van der Waals surface area contributed by atoms with Gasteiger partial charge < -0.3 is 14.3 Å². The van der Waals surface area contributed by atoms with Crippen LogP contribution in [0.3, 0.4) is 0 Å². The fourth-order valence-electron chi connectivity index (χ4n) is 3.60. The number of benzene rings is 1. The fraction of sp³-hybridized carbons (Fsp3) is 0.682. The van der Waals surface area contributed by atoms with Crippen molar-refractivity contribution in [2.24, 2.45) is 5.92 Å². The first-order valence-corrected chi connectivity index (χ1v) is 14.4. The molecule has 0 saturated heterocycles. The monoisotopic (exact) mass is 482 g/mol. The van der Waals surface area contributed by atoms with Gasteiger partial charge in [0.15, 0.2) is 8.32 Å². The highest BCUT2D eigenvalue weighted by Crippen LogP contribution is 2.37. The van der Waals surface area contributed by atoms with Gasteiger partial charge in [0.2, 0.25) is 0 Å². The van der Waals surface area contributed by atoms with E-state index in [9.17, 15) is 5.11 Å². The zero-order valence-corrected chi connectivity index (χ0v) is 21.0. The number of aliphatic hydroxyl groups excluding tert-OH is 1. The quantitative estimate of drug-likeness (QED) is 0.392. The first-order chi connectivity index (χ1) is 13.6. The molecule has 0 bridgehead atoms. The molecule has 1 saturated carbocycles. The lowest BCUT2D eigenvalue weighted by atomic mass is 9.87. The summed E-state index contributed by atoms with van der Waals surface area (Å²) in [4.78, 5) is 0. The SMILES string of the molecule is CC(C)(C)[Si](C)(C)OCCOc1cc2nn(C3CCC(CO)CC3)cc2cc1Br. The van der Waals surface area contributed by atoms with Gasteiger partial charge in [-0.2, -0.15) is 5.10 Å². The third-order valence-electron chi connectivity index (χ3n) is 6.63. The topological polar surface area (TPSA) is 56.5 Å². The van der Waals surface area contributed by atoms with Crippen LogP contribution in [0.2, 0.25) is 18.1 Å². The molecular formula is C22H35BrN2O3Si. The lowest BCUT2D eigenvalue weighted by Gasteiger charge is -2.36. The molecule has 0 amide bonds. The van der Waals surface area contributed by atoms with Crippen LogP contribution in [-0.2, 0) is 4.43 Å².